The van der Waals surface area contributed by atoms with Crippen molar-refractivity contribution in [3.8, 4) is 23.9 Å². The molecule has 0 aliphatic rings. The van der Waals surface area contributed by atoms with E-state index in [4.69, 9.17) is 21.0 Å². The Labute approximate surface area is 87.1 Å². The second-order valence-electron chi connectivity index (χ2n) is 2.66. The highest BCUT2D eigenvalue weighted by Gasteiger charge is 2.22. The van der Waals surface area contributed by atoms with E-state index in [0.29, 0.717) is 0 Å². The van der Waals surface area contributed by atoms with Gasteiger partial charge in [-0.05, 0) is 0 Å². The van der Waals surface area contributed by atoms with Gasteiger partial charge in [0.05, 0.1) is 7.05 Å². The zero-order valence-electron chi connectivity index (χ0n) is 8.05. The normalized spacial score (nSPS) is 8.07. The van der Waals surface area contributed by atoms with E-state index in [9.17, 15) is 0 Å². The van der Waals surface area contributed by atoms with Gasteiger partial charge in [0.15, 0.2) is 0 Å². The Hall–Kier alpha value is -2.77. The van der Waals surface area contributed by atoms with Gasteiger partial charge in [-0.1, -0.05) is 0 Å². The van der Waals surface area contributed by atoms with Crippen LogP contribution in [-0.4, -0.2) is 10.7 Å². The number of nitrogens with zero attached hydrogens (tertiary/aromatic N) is 5. The van der Waals surface area contributed by atoms with Crippen LogP contribution in [0.5, 0.6) is 0 Å². The molecule has 1 rings (SSSR count). The summed E-state index contributed by atoms with van der Waals surface area (Å²) < 4.78 is 1.94. The Morgan fingerprint density at radius 1 is 1.07 bits per heavy atom. The van der Waals surface area contributed by atoms with Gasteiger partial charge < -0.3 is 0 Å². The molecule has 0 aliphatic heterocycles. The number of imidazole rings is 1. The smallest absolute Gasteiger partial charge is 0.250 e. The summed E-state index contributed by atoms with van der Waals surface area (Å²) in [4.78, 5) is 2.89. The Bertz CT molecular complexity index is 402. The third-order valence-electron chi connectivity index (χ3n) is 1.46. The van der Waals surface area contributed by atoms with Crippen LogP contribution in [0.25, 0.3) is 0 Å². The van der Waals surface area contributed by atoms with Crippen LogP contribution >= 0.6 is 0 Å². The molecule has 7 heteroatoms. The molecule has 0 spiro atoms. The molecule has 6 nitrogen and oxygen atoms in total. The van der Waals surface area contributed by atoms with Gasteiger partial charge in [0, 0.05) is 0 Å². The number of hydrogen-bond acceptors (Lipinski definition) is 4. The molecule has 0 aromatic carbocycles. The minimum Gasteiger partial charge on any atom is -0.250 e. The van der Waals surface area contributed by atoms with Crippen molar-refractivity contribution in [1.29, 1.82) is 21.0 Å². The van der Waals surface area contributed by atoms with E-state index in [1.807, 2.05) is 30.3 Å². The van der Waals surface area contributed by atoms with Gasteiger partial charge in [-0.2, -0.15) is 0 Å². The van der Waals surface area contributed by atoms with E-state index in [-0.39, 0.29) is 0 Å². The Balaban J connectivity index is 0.000000280. The highest BCUT2D eigenvalue weighted by atomic mass is 15.0. The molecule has 1 aromatic rings. The maximum Gasteiger partial charge on any atom is 0.383 e. The maximum absolute atomic E-state index is 8.09. The fourth-order valence-corrected chi connectivity index (χ4v) is 0.537. The molecular formula is C8H7BN6. The summed E-state index contributed by atoms with van der Waals surface area (Å²) in [5, 5.41) is 32.3. The highest BCUT2D eigenvalue weighted by Crippen LogP contribution is 1.92. The predicted octanol–water partition coefficient (Wildman–Crippen LogP) is -0.474. The number of H-pyrrole nitrogens is 1. The summed E-state index contributed by atoms with van der Waals surface area (Å²) in [6.45, 7) is 0. The third kappa shape index (κ3) is 3.64. The summed E-state index contributed by atoms with van der Waals surface area (Å²) in [7, 11) is 1.97. The summed E-state index contributed by atoms with van der Waals surface area (Å²) in [5.41, 5.74) is 0. The van der Waals surface area contributed by atoms with Crippen LogP contribution in [0.3, 0.4) is 0 Å². The monoisotopic (exact) mass is 198 g/mol. The van der Waals surface area contributed by atoms with Crippen LogP contribution in [0.15, 0.2) is 18.7 Å². The summed E-state index contributed by atoms with van der Waals surface area (Å²) >= 11 is 0. The first-order valence-electron chi connectivity index (χ1n) is 3.92. The van der Waals surface area contributed by atoms with Crippen molar-refractivity contribution in [2.45, 2.75) is 0 Å². The first-order chi connectivity index (χ1) is 7.14. The van der Waals surface area contributed by atoms with E-state index in [1.165, 1.54) is 23.9 Å². The molecule has 15 heavy (non-hydrogen) atoms. The second kappa shape index (κ2) is 5.81. The topological polar surface area (TPSA) is 114 Å². The van der Waals surface area contributed by atoms with Crippen molar-refractivity contribution in [1.82, 2.24) is 4.57 Å². The predicted molar refractivity (Wildman–Crippen MR) is 50.2 cm³/mol. The maximum atomic E-state index is 8.09. The minimum absolute atomic E-state index is 1.34. The van der Waals surface area contributed by atoms with Crippen LogP contribution in [0.2, 0.25) is 0 Å². The first-order valence-corrected chi connectivity index (χ1v) is 3.92. The number of aromatic nitrogens is 2. The molecule has 0 radical (unpaired) electrons. The molecule has 72 valence electrons. The second-order valence-corrected chi connectivity index (χ2v) is 2.66. The molecule has 0 aliphatic carbocycles. The highest BCUT2D eigenvalue weighted by molar-refractivity contribution is 7.05. The largest absolute Gasteiger partial charge is 0.383 e. The molecule has 0 saturated heterocycles. The van der Waals surface area contributed by atoms with Crippen LogP contribution in [0.1, 0.15) is 0 Å². The molecule has 0 fully saturated rings. The van der Waals surface area contributed by atoms with Crippen LogP contribution in [-0.2, 0) is 7.05 Å². The standard InChI is InChI=1S/C4BN4.C4H6N2/c6-1-5(2-7,3-8)4-9;1-6-3-2-5-4-6/h;2-4H,1H3/q-1;/p+1. The molecule has 0 amide bonds. The van der Waals surface area contributed by atoms with Gasteiger partial charge in [-0.15, -0.1) is 23.9 Å². The number of aryl methyl sites for hydroxylation is 1. The lowest BCUT2D eigenvalue weighted by Gasteiger charge is -1.98. The van der Waals surface area contributed by atoms with Gasteiger partial charge in [-0.3, -0.25) is 4.98 Å². The molecular weight excluding hydrogens is 191 g/mol. The molecule has 1 heterocycles. The quantitative estimate of drug-likeness (QED) is 0.523. The Morgan fingerprint density at radius 2 is 1.53 bits per heavy atom. The third-order valence-corrected chi connectivity index (χ3v) is 1.46. The molecule has 0 bridgehead atoms. The number of nitrogens with one attached hydrogen (secondary N) is 1. The number of hydrogen-bond donors (Lipinski definition) is 0. The van der Waals surface area contributed by atoms with Crippen LogP contribution in [0, 0.1) is 44.9 Å². The van der Waals surface area contributed by atoms with Crippen LogP contribution < -0.4 is 4.98 Å². The fourth-order valence-electron chi connectivity index (χ4n) is 0.537. The van der Waals surface area contributed by atoms with Gasteiger partial charge in [0.25, 0.3) is 0 Å². The Kier molecular flexibility index (Phi) is 4.74. The van der Waals surface area contributed by atoms with Gasteiger partial charge in [0.2, 0.25) is 6.33 Å². The van der Waals surface area contributed by atoms with Crippen LogP contribution in [0.4, 0.5) is 0 Å². The van der Waals surface area contributed by atoms with Crippen molar-refractivity contribution in [2.75, 3.05) is 0 Å². The summed E-state index contributed by atoms with van der Waals surface area (Å²) in [6.07, 6.45) is 2.97. The number of nitriles is 4. The number of aromatic amines is 1. The summed E-state index contributed by atoms with van der Waals surface area (Å²) in [5.74, 6) is 5.38. The van der Waals surface area contributed by atoms with E-state index in [2.05, 4.69) is 4.98 Å². The van der Waals surface area contributed by atoms with E-state index >= 15 is 0 Å². The molecule has 0 atom stereocenters. The van der Waals surface area contributed by atoms with Gasteiger partial charge in [-0.25, -0.2) is 25.6 Å². The van der Waals surface area contributed by atoms with E-state index in [0.717, 1.165) is 0 Å². The first kappa shape index (κ1) is 12.2. The fraction of sp³-hybridized carbons (Fsp3) is 0.125. The van der Waals surface area contributed by atoms with Crippen molar-refractivity contribution < 1.29 is 4.98 Å². The molecule has 0 saturated carbocycles. The van der Waals surface area contributed by atoms with Gasteiger partial charge in [0.1, 0.15) is 12.4 Å². The Morgan fingerprint density at radius 3 is 1.60 bits per heavy atom. The van der Waals surface area contributed by atoms with Crippen molar-refractivity contribution in [2.24, 2.45) is 7.05 Å². The molecule has 0 unspecified atom stereocenters. The summed E-state index contributed by atoms with van der Waals surface area (Å²) in [6, 6.07) is 0. The van der Waals surface area contributed by atoms with Gasteiger partial charge >= 0.3 is 6.15 Å². The zero-order chi connectivity index (χ0) is 11.7. The average molecular weight is 198 g/mol. The lowest BCUT2D eigenvalue weighted by Crippen LogP contribution is -2.26. The van der Waals surface area contributed by atoms with Crippen molar-refractivity contribution >= 4 is 6.15 Å². The zero-order valence-corrected chi connectivity index (χ0v) is 8.05. The average Bonchev–Trinajstić information content (AvgIpc) is 2.74. The number of rotatable bonds is 0. The lowest BCUT2D eigenvalue weighted by atomic mass is 9.30. The SMILES string of the molecule is Cn1cc[nH+]c1.N#C[B-](C#N)(C#N)C#N. The van der Waals surface area contributed by atoms with Crippen molar-refractivity contribution in [3.05, 3.63) is 18.7 Å². The van der Waals surface area contributed by atoms with Crippen molar-refractivity contribution in [3.63, 3.8) is 0 Å². The van der Waals surface area contributed by atoms with E-state index in [1.54, 1.807) is 0 Å². The minimum atomic E-state index is -2.72. The molecule has 1 aromatic heterocycles. The van der Waals surface area contributed by atoms with E-state index < -0.39 is 6.15 Å². The lowest BCUT2D eigenvalue weighted by molar-refractivity contribution is -0.377. The molecule has 1 N–H and O–H groups in total.